The molecule has 0 radical (unpaired) electrons. The van der Waals surface area contributed by atoms with Crippen LogP contribution in [-0.2, 0) is 16.6 Å². The second-order valence-corrected chi connectivity index (χ2v) is 10.7. The number of para-hydroxylation sites is 1. The molecule has 1 fully saturated rings. The zero-order valence-corrected chi connectivity index (χ0v) is 25.7. The highest BCUT2D eigenvalue weighted by Crippen LogP contribution is 2.33. The monoisotopic (exact) mass is 628 g/mol. The van der Waals surface area contributed by atoms with Gasteiger partial charge in [0.15, 0.2) is 5.65 Å². The topological polar surface area (TPSA) is 153 Å². The van der Waals surface area contributed by atoms with Crippen molar-refractivity contribution in [1.82, 2.24) is 45.0 Å². The summed E-state index contributed by atoms with van der Waals surface area (Å²) >= 11 is 0. The van der Waals surface area contributed by atoms with Gasteiger partial charge >= 0.3 is 6.03 Å². The average Bonchev–Trinajstić information content (AvgIpc) is 3.72. The molecule has 5 heterocycles. The lowest BCUT2D eigenvalue weighted by molar-refractivity contribution is -0.154. The Morgan fingerprint density at radius 2 is 1.96 bits per heavy atom. The second kappa shape index (κ2) is 13.0. The summed E-state index contributed by atoms with van der Waals surface area (Å²) in [7, 11) is 4.86. The fourth-order valence-corrected chi connectivity index (χ4v) is 5.44. The number of carbonyl (C=O) groups is 2. The van der Waals surface area contributed by atoms with Crippen molar-refractivity contribution in [2.24, 2.45) is 7.05 Å². The molecule has 0 spiro atoms. The van der Waals surface area contributed by atoms with Gasteiger partial charge in [0.1, 0.15) is 17.4 Å². The number of aryl methyl sites for hydroxylation is 1. The van der Waals surface area contributed by atoms with Crippen LogP contribution < -0.4 is 16.0 Å². The number of halogens is 1. The van der Waals surface area contributed by atoms with Gasteiger partial charge in [-0.2, -0.15) is 14.6 Å². The smallest absolute Gasteiger partial charge is 0.320 e. The normalized spacial score (nSPS) is 16.5. The fraction of sp³-hybridized carbons (Fsp3) is 0.290. The number of anilines is 1. The summed E-state index contributed by atoms with van der Waals surface area (Å²) in [6, 6.07) is 13.1. The summed E-state index contributed by atoms with van der Waals surface area (Å²) in [4.78, 5) is 44.7. The number of nitrogens with zero attached hydrogens (tertiary/aromatic N) is 7. The maximum Gasteiger partial charge on any atom is 0.320 e. The molecule has 0 unspecified atom stereocenters. The number of amides is 3. The Hall–Kier alpha value is -5.25. The molecule has 2 atom stereocenters. The molecule has 1 aliphatic rings. The largest absolute Gasteiger partial charge is 0.383 e. The molecular weight excluding hydrogens is 595 g/mol. The molecule has 3 amide bonds. The molecule has 4 aromatic heterocycles. The first-order valence-corrected chi connectivity index (χ1v) is 14.6. The zero-order chi connectivity index (χ0) is 32.4. The molecule has 0 bridgehead atoms. The summed E-state index contributed by atoms with van der Waals surface area (Å²) in [5.41, 5.74) is 4.24. The van der Waals surface area contributed by atoms with Crippen LogP contribution in [0.5, 0.6) is 0 Å². The van der Waals surface area contributed by atoms with Crippen molar-refractivity contribution < 1.29 is 23.6 Å². The van der Waals surface area contributed by atoms with Crippen LogP contribution in [0.2, 0.25) is 0 Å². The molecule has 0 saturated carbocycles. The van der Waals surface area contributed by atoms with Gasteiger partial charge in [-0.3, -0.25) is 14.9 Å². The first kappa shape index (κ1) is 30.8. The number of aromatic nitrogens is 6. The Bertz CT molecular complexity index is 1890. The maximum absolute atomic E-state index is 14.0. The van der Waals surface area contributed by atoms with Crippen LogP contribution in [0.25, 0.3) is 28.1 Å². The summed E-state index contributed by atoms with van der Waals surface area (Å²) in [6.07, 6.45) is 2.38. The van der Waals surface area contributed by atoms with E-state index in [4.69, 9.17) is 14.7 Å². The number of methoxy groups -OCH3 is 1. The van der Waals surface area contributed by atoms with E-state index in [9.17, 15) is 14.0 Å². The minimum atomic E-state index is -0.647. The third-order valence-electron chi connectivity index (χ3n) is 7.74. The van der Waals surface area contributed by atoms with E-state index >= 15 is 0 Å². The standard InChI is InChI=1S/C31H33FN10O4/c1-18-25(20-14-22-28(35-16-20)40(3)29(36-22)30(43)33-2)39-42(21-8-6-5-7-9-21)27(18)38-31(44)37-23-17-41(12-13-45-4)46-26(23)19-10-11-34-24(32)15-19/h5-11,14-16,23,26H,12-13,17H2,1-4H3,(H,33,43)(H2,37,38,44)/t23-,26+/m1/s1. The molecule has 1 saturated heterocycles. The Kier molecular flexibility index (Phi) is 8.70. The van der Waals surface area contributed by atoms with Crippen LogP contribution in [0.3, 0.4) is 0 Å². The predicted molar refractivity (Wildman–Crippen MR) is 167 cm³/mol. The number of carbonyl (C=O) groups excluding carboxylic acids is 2. The Morgan fingerprint density at radius 3 is 2.70 bits per heavy atom. The number of urea groups is 1. The summed E-state index contributed by atoms with van der Waals surface area (Å²) < 4.78 is 22.5. The summed E-state index contributed by atoms with van der Waals surface area (Å²) in [5.74, 6) is -0.294. The van der Waals surface area contributed by atoms with E-state index in [-0.39, 0.29) is 11.7 Å². The van der Waals surface area contributed by atoms with Gasteiger partial charge in [0, 0.05) is 57.8 Å². The van der Waals surface area contributed by atoms with Gasteiger partial charge in [-0.25, -0.2) is 24.4 Å². The van der Waals surface area contributed by atoms with Crippen molar-refractivity contribution >= 4 is 28.9 Å². The van der Waals surface area contributed by atoms with Crippen LogP contribution in [-0.4, -0.2) is 86.2 Å². The first-order valence-electron chi connectivity index (χ1n) is 14.6. The highest BCUT2D eigenvalue weighted by molar-refractivity contribution is 5.95. The molecule has 0 aliphatic carbocycles. The van der Waals surface area contributed by atoms with Gasteiger partial charge in [-0.1, -0.05) is 18.2 Å². The highest BCUT2D eigenvalue weighted by atomic mass is 19.1. The molecule has 15 heteroatoms. The van der Waals surface area contributed by atoms with Gasteiger partial charge in [0.05, 0.1) is 24.0 Å². The lowest BCUT2D eigenvalue weighted by Crippen LogP contribution is -2.42. The molecule has 6 rings (SSSR count). The molecule has 14 nitrogen and oxygen atoms in total. The number of fused-ring (bicyclic) bond motifs is 1. The van der Waals surface area contributed by atoms with Gasteiger partial charge in [0.25, 0.3) is 5.91 Å². The molecule has 46 heavy (non-hydrogen) atoms. The fourth-order valence-electron chi connectivity index (χ4n) is 5.44. The average molecular weight is 629 g/mol. The number of hydrogen-bond acceptors (Lipinski definition) is 9. The number of pyridine rings is 2. The van der Waals surface area contributed by atoms with Gasteiger partial charge in [-0.05, 0) is 42.8 Å². The van der Waals surface area contributed by atoms with Crippen LogP contribution in [0, 0.1) is 12.9 Å². The van der Waals surface area contributed by atoms with E-state index in [1.807, 2.05) is 43.3 Å². The zero-order valence-electron chi connectivity index (χ0n) is 25.7. The molecule has 3 N–H and O–H groups in total. The predicted octanol–water partition coefficient (Wildman–Crippen LogP) is 3.15. The van der Waals surface area contributed by atoms with Crippen molar-refractivity contribution in [2.75, 3.05) is 39.2 Å². The van der Waals surface area contributed by atoms with Crippen molar-refractivity contribution in [2.45, 2.75) is 19.1 Å². The second-order valence-electron chi connectivity index (χ2n) is 10.7. The Labute approximate surface area is 263 Å². The number of ether oxygens (including phenoxy) is 1. The summed E-state index contributed by atoms with van der Waals surface area (Å²) in [5, 5.41) is 15.1. The third-order valence-corrected chi connectivity index (χ3v) is 7.74. The van der Waals surface area contributed by atoms with E-state index in [0.29, 0.717) is 59.1 Å². The number of hydroxylamine groups is 2. The van der Waals surface area contributed by atoms with E-state index in [2.05, 4.69) is 30.9 Å². The minimum absolute atomic E-state index is 0.234. The molecule has 1 aliphatic heterocycles. The quantitative estimate of drug-likeness (QED) is 0.209. The van der Waals surface area contributed by atoms with E-state index in [1.165, 1.54) is 12.3 Å². The van der Waals surface area contributed by atoms with Crippen molar-refractivity contribution in [3.63, 3.8) is 0 Å². The van der Waals surface area contributed by atoms with Crippen LogP contribution in [0.15, 0.2) is 60.9 Å². The van der Waals surface area contributed by atoms with Gasteiger partial charge in [-0.15, -0.1) is 0 Å². The van der Waals surface area contributed by atoms with Gasteiger partial charge < -0.3 is 19.9 Å². The van der Waals surface area contributed by atoms with E-state index in [0.717, 1.165) is 5.69 Å². The summed E-state index contributed by atoms with van der Waals surface area (Å²) in [6.45, 7) is 3.08. The SMILES string of the molecule is CNC(=O)c1nc2cc(-c3nn(-c4ccccc4)c(NC(=O)N[C@@H]4CN(CCOC)O[C@H]4c4ccnc(F)c4)c3C)cnc2n1C. The lowest BCUT2D eigenvalue weighted by Gasteiger charge is -2.19. The maximum atomic E-state index is 14.0. The number of imidazole rings is 1. The van der Waals surface area contributed by atoms with Crippen LogP contribution >= 0.6 is 0 Å². The van der Waals surface area contributed by atoms with Crippen LogP contribution in [0.1, 0.15) is 27.8 Å². The highest BCUT2D eigenvalue weighted by Gasteiger charge is 2.37. The van der Waals surface area contributed by atoms with E-state index in [1.54, 1.807) is 47.8 Å². The third kappa shape index (κ3) is 6.02. The first-order chi connectivity index (χ1) is 22.3. The molecule has 238 valence electrons. The molecule has 5 aromatic rings. The van der Waals surface area contributed by atoms with Crippen LogP contribution in [0.4, 0.5) is 15.0 Å². The number of benzene rings is 1. The molecule has 1 aromatic carbocycles. The molecular formula is C31H33FN10O4. The number of hydrogen-bond donors (Lipinski definition) is 3. The minimum Gasteiger partial charge on any atom is -0.383 e. The Balaban J connectivity index is 1.32. The van der Waals surface area contributed by atoms with Crippen molar-refractivity contribution in [3.05, 3.63) is 83.8 Å². The van der Waals surface area contributed by atoms with Gasteiger partial charge in [0.2, 0.25) is 11.8 Å². The van der Waals surface area contributed by atoms with Crippen molar-refractivity contribution in [1.29, 1.82) is 0 Å². The number of rotatable bonds is 9. The van der Waals surface area contributed by atoms with Crippen molar-refractivity contribution in [3.8, 4) is 16.9 Å². The Morgan fingerprint density at radius 1 is 1.15 bits per heavy atom. The lowest BCUT2D eigenvalue weighted by atomic mass is 10.0. The number of nitrogens with one attached hydrogen (secondary N) is 3. The van der Waals surface area contributed by atoms with E-state index < -0.39 is 24.1 Å².